The Labute approximate surface area is 77.3 Å². The summed E-state index contributed by atoms with van der Waals surface area (Å²) in [4.78, 5) is 14.9. The number of methoxy groups -OCH3 is 1. The van der Waals surface area contributed by atoms with Crippen molar-refractivity contribution in [2.24, 2.45) is 0 Å². The molecule has 0 aromatic carbocycles. The summed E-state index contributed by atoms with van der Waals surface area (Å²) in [5.41, 5.74) is 0.393. The van der Waals surface area contributed by atoms with E-state index in [1.165, 1.54) is 18.4 Å². The summed E-state index contributed by atoms with van der Waals surface area (Å²) in [6, 6.07) is 0. The first-order valence-electron chi connectivity index (χ1n) is 2.86. The average Bonchev–Trinajstić information content (AvgIpc) is 2.28. The van der Waals surface area contributed by atoms with Gasteiger partial charge in [0.1, 0.15) is 0 Å². The van der Waals surface area contributed by atoms with Gasteiger partial charge in [-0.05, 0) is 20.7 Å². The van der Waals surface area contributed by atoms with E-state index in [2.05, 4.69) is 25.7 Å². The van der Waals surface area contributed by atoms with E-state index in [-0.39, 0.29) is 5.97 Å². The van der Waals surface area contributed by atoms with Gasteiger partial charge in [-0.1, -0.05) is 0 Å². The van der Waals surface area contributed by atoms with E-state index in [9.17, 15) is 4.79 Å². The van der Waals surface area contributed by atoms with Gasteiger partial charge in [-0.25, -0.2) is 9.78 Å². The molecule has 0 saturated carbocycles. The van der Waals surface area contributed by atoms with E-state index >= 15 is 0 Å². The number of hydrogen-bond donors (Lipinski definition) is 0. The molecule has 0 amide bonds. The summed E-state index contributed by atoms with van der Waals surface area (Å²) in [5, 5.41) is 0. The maximum Gasteiger partial charge on any atom is 0.356 e. The number of hydrogen-bond acceptors (Lipinski definition) is 4. The summed E-state index contributed by atoms with van der Waals surface area (Å²) in [5.74, 6) is -0.385. The van der Waals surface area contributed by atoms with Crippen LogP contribution in [0.5, 0.6) is 0 Å². The molecule has 1 aromatic rings. The van der Waals surface area contributed by atoms with Crippen LogP contribution in [0.25, 0.3) is 0 Å². The molecule has 0 aliphatic carbocycles. The lowest BCUT2D eigenvalue weighted by Crippen LogP contribution is -2.13. The molecular formula is C5H5BBrNO2S. The van der Waals surface area contributed by atoms with E-state index in [1.54, 1.807) is 0 Å². The monoisotopic (exact) mass is 233 g/mol. The van der Waals surface area contributed by atoms with Crippen molar-refractivity contribution >= 4 is 45.9 Å². The SMILES string of the molecule is Bc1sc(Br)nc1C(=O)OC. The van der Waals surface area contributed by atoms with Crippen LogP contribution in [0.2, 0.25) is 0 Å². The van der Waals surface area contributed by atoms with Crippen LogP contribution in [-0.4, -0.2) is 25.9 Å². The largest absolute Gasteiger partial charge is 0.464 e. The van der Waals surface area contributed by atoms with Gasteiger partial charge in [0.15, 0.2) is 17.5 Å². The highest BCUT2D eigenvalue weighted by Gasteiger charge is 2.13. The molecule has 6 heteroatoms. The third-order valence-corrected chi connectivity index (χ3v) is 2.57. The third kappa shape index (κ3) is 1.81. The summed E-state index contributed by atoms with van der Waals surface area (Å²) in [7, 11) is 3.17. The van der Waals surface area contributed by atoms with E-state index in [0.717, 1.165) is 4.78 Å². The maximum atomic E-state index is 10.9. The van der Waals surface area contributed by atoms with Crippen molar-refractivity contribution in [1.82, 2.24) is 4.98 Å². The van der Waals surface area contributed by atoms with Crippen molar-refractivity contribution in [3.05, 3.63) is 9.61 Å². The van der Waals surface area contributed by atoms with Crippen LogP contribution in [-0.2, 0) is 4.74 Å². The molecule has 0 aliphatic rings. The van der Waals surface area contributed by atoms with Gasteiger partial charge in [-0.2, -0.15) is 0 Å². The number of aromatic nitrogens is 1. The standard InChI is InChI=1S/C5H5BBrNO2S/c1-10-4(9)2-3(6)11-5(7)8-2/h6H2,1H3. The molecule has 3 nitrogen and oxygen atoms in total. The minimum atomic E-state index is -0.385. The fourth-order valence-corrected chi connectivity index (χ4v) is 2.17. The number of carbonyl (C=O) groups is 1. The summed E-state index contributed by atoms with van der Waals surface area (Å²) < 4.78 is 6.08. The molecule has 1 aromatic heterocycles. The van der Waals surface area contributed by atoms with Gasteiger partial charge in [0.05, 0.1) is 7.11 Å². The number of rotatable bonds is 1. The summed E-state index contributed by atoms with van der Waals surface area (Å²) in [6.07, 6.45) is 0. The Morgan fingerprint density at radius 3 is 2.82 bits per heavy atom. The number of carbonyl (C=O) groups excluding carboxylic acids is 1. The normalized spacial score (nSPS) is 9.64. The highest BCUT2D eigenvalue weighted by molar-refractivity contribution is 9.11. The van der Waals surface area contributed by atoms with Crippen molar-refractivity contribution in [2.75, 3.05) is 7.11 Å². The maximum absolute atomic E-state index is 10.9. The highest BCUT2D eigenvalue weighted by Crippen LogP contribution is 2.13. The van der Waals surface area contributed by atoms with Crippen molar-refractivity contribution in [3.8, 4) is 0 Å². The van der Waals surface area contributed by atoms with Crippen LogP contribution in [0.15, 0.2) is 3.92 Å². The molecule has 58 valence electrons. The van der Waals surface area contributed by atoms with E-state index in [4.69, 9.17) is 0 Å². The molecule has 0 unspecified atom stereocenters. The van der Waals surface area contributed by atoms with Crippen molar-refractivity contribution in [1.29, 1.82) is 0 Å². The summed E-state index contributed by atoms with van der Waals surface area (Å²) >= 11 is 4.60. The molecule has 0 N–H and O–H groups in total. The lowest BCUT2D eigenvalue weighted by atomic mass is 10.1. The minimum absolute atomic E-state index is 0.385. The summed E-state index contributed by atoms with van der Waals surface area (Å²) in [6.45, 7) is 0. The first-order valence-corrected chi connectivity index (χ1v) is 4.47. The molecule has 0 bridgehead atoms. The lowest BCUT2D eigenvalue weighted by molar-refractivity contribution is 0.0596. The first kappa shape index (κ1) is 8.74. The van der Waals surface area contributed by atoms with Crippen LogP contribution in [0.1, 0.15) is 10.5 Å². The number of halogens is 1. The van der Waals surface area contributed by atoms with Crippen LogP contribution in [0.4, 0.5) is 0 Å². The fourth-order valence-electron chi connectivity index (χ4n) is 0.650. The van der Waals surface area contributed by atoms with Gasteiger partial charge in [-0.15, -0.1) is 11.3 Å². The molecule has 11 heavy (non-hydrogen) atoms. The number of ether oxygens (including phenoxy) is 1. The van der Waals surface area contributed by atoms with Gasteiger partial charge >= 0.3 is 5.97 Å². The highest BCUT2D eigenvalue weighted by atomic mass is 79.9. The second-order valence-corrected chi connectivity index (χ2v) is 4.34. The molecule has 0 fully saturated rings. The van der Waals surface area contributed by atoms with Crippen molar-refractivity contribution in [3.63, 3.8) is 0 Å². The topological polar surface area (TPSA) is 39.2 Å². The fraction of sp³-hybridized carbons (Fsp3) is 0.200. The Balaban J connectivity index is 3.03. The minimum Gasteiger partial charge on any atom is -0.464 e. The van der Waals surface area contributed by atoms with E-state index < -0.39 is 0 Å². The first-order chi connectivity index (χ1) is 5.15. The Bertz CT molecular complexity index is 288. The van der Waals surface area contributed by atoms with Crippen LogP contribution >= 0.6 is 27.3 Å². The number of nitrogens with zero attached hydrogens (tertiary/aromatic N) is 1. The average molecular weight is 234 g/mol. The second kappa shape index (κ2) is 3.36. The smallest absolute Gasteiger partial charge is 0.356 e. The van der Waals surface area contributed by atoms with Crippen LogP contribution in [0, 0.1) is 0 Å². The second-order valence-electron chi connectivity index (χ2n) is 1.86. The predicted octanol–water partition coefficient (Wildman–Crippen LogP) is -0.0494. The van der Waals surface area contributed by atoms with Gasteiger partial charge < -0.3 is 4.74 Å². The van der Waals surface area contributed by atoms with E-state index in [0.29, 0.717) is 9.61 Å². The third-order valence-electron chi connectivity index (χ3n) is 1.15. The zero-order valence-electron chi connectivity index (χ0n) is 6.05. The van der Waals surface area contributed by atoms with Gasteiger partial charge in [0.2, 0.25) is 0 Å². The van der Waals surface area contributed by atoms with Crippen molar-refractivity contribution in [2.45, 2.75) is 0 Å². The molecule has 0 saturated heterocycles. The molecular weight excluding hydrogens is 229 g/mol. The molecule has 0 spiro atoms. The Morgan fingerprint density at radius 2 is 2.45 bits per heavy atom. The van der Waals surface area contributed by atoms with E-state index in [1.807, 2.05) is 7.85 Å². The van der Waals surface area contributed by atoms with Gasteiger partial charge in [0.25, 0.3) is 0 Å². The molecule has 1 heterocycles. The quantitative estimate of drug-likeness (QED) is 0.505. The Morgan fingerprint density at radius 1 is 1.82 bits per heavy atom. The predicted molar refractivity (Wildman–Crippen MR) is 49.3 cm³/mol. The number of esters is 1. The lowest BCUT2D eigenvalue weighted by Gasteiger charge is -1.93. The molecule has 0 aliphatic heterocycles. The molecule has 0 radical (unpaired) electrons. The van der Waals surface area contributed by atoms with Crippen molar-refractivity contribution < 1.29 is 9.53 Å². The zero-order valence-corrected chi connectivity index (χ0v) is 8.45. The zero-order chi connectivity index (χ0) is 8.43. The number of thiazole rings is 1. The van der Waals surface area contributed by atoms with Gasteiger partial charge in [0, 0.05) is 0 Å². The van der Waals surface area contributed by atoms with Crippen LogP contribution < -0.4 is 4.78 Å². The molecule has 0 atom stereocenters. The molecule has 1 rings (SSSR count). The van der Waals surface area contributed by atoms with Crippen LogP contribution in [0.3, 0.4) is 0 Å². The Kier molecular flexibility index (Phi) is 2.67. The van der Waals surface area contributed by atoms with Gasteiger partial charge in [-0.3, -0.25) is 0 Å². The Hall–Kier alpha value is -0.355.